The summed E-state index contributed by atoms with van der Waals surface area (Å²) in [7, 11) is 0. The number of carbonyl (C=O) groups is 2. The van der Waals surface area contributed by atoms with Gasteiger partial charge in [0.2, 0.25) is 0 Å². The molecule has 23 heavy (non-hydrogen) atoms. The highest BCUT2D eigenvalue weighted by molar-refractivity contribution is 6.00. The lowest BCUT2D eigenvalue weighted by Gasteiger charge is -2.15. The minimum atomic E-state index is -0.771. The molecule has 0 bridgehead atoms. The Labute approximate surface area is 133 Å². The van der Waals surface area contributed by atoms with E-state index < -0.39 is 12.1 Å². The van der Waals surface area contributed by atoms with Crippen LogP contribution in [0.3, 0.4) is 0 Å². The second-order valence-electron chi connectivity index (χ2n) is 5.32. The first-order valence-electron chi connectivity index (χ1n) is 7.29. The molecule has 0 spiro atoms. The summed E-state index contributed by atoms with van der Waals surface area (Å²) in [6.07, 6.45) is 0. The third kappa shape index (κ3) is 3.60. The predicted octanol–water partition coefficient (Wildman–Crippen LogP) is 2.52. The zero-order valence-electron chi connectivity index (χ0n) is 12.6. The number of carbonyl (C=O) groups excluding carboxylic acids is 2. The highest BCUT2D eigenvalue weighted by Crippen LogP contribution is 2.26. The van der Waals surface area contributed by atoms with Gasteiger partial charge in [-0.1, -0.05) is 24.3 Å². The van der Waals surface area contributed by atoms with Crippen LogP contribution in [0.15, 0.2) is 48.5 Å². The third-order valence-electron chi connectivity index (χ3n) is 3.45. The van der Waals surface area contributed by atoms with E-state index in [0.717, 1.165) is 5.56 Å². The van der Waals surface area contributed by atoms with Crippen LogP contribution in [-0.2, 0) is 4.79 Å². The molecule has 1 aliphatic heterocycles. The maximum absolute atomic E-state index is 12.2. The fraction of sp³-hybridized carbons (Fsp3) is 0.176. The average molecular weight is 311 g/mol. The van der Waals surface area contributed by atoms with Crippen LogP contribution in [-0.4, -0.2) is 24.6 Å². The molecule has 0 unspecified atom stereocenters. The molecule has 1 heterocycles. The molecule has 0 radical (unpaired) electrons. The van der Waals surface area contributed by atoms with E-state index in [0.29, 0.717) is 17.1 Å². The standard InChI is InChI=1S/C17H17N3O3/c1-11-5-4-6-12(9-11)18-17(22)20-14-10-23-15-8-3-2-7-13(15)19-16(14)21/h2-9,14H,10H2,1H3,(H,19,21)(H2,18,20,22)/t14-/m0/s1. The zero-order chi connectivity index (χ0) is 16.2. The molecule has 0 aromatic heterocycles. The number of nitrogens with one attached hydrogen (secondary N) is 3. The molecular weight excluding hydrogens is 294 g/mol. The van der Waals surface area contributed by atoms with Gasteiger partial charge in [-0.25, -0.2) is 4.79 Å². The Morgan fingerprint density at radius 1 is 1.22 bits per heavy atom. The quantitative estimate of drug-likeness (QED) is 0.797. The van der Waals surface area contributed by atoms with Gasteiger partial charge >= 0.3 is 6.03 Å². The topological polar surface area (TPSA) is 79.5 Å². The molecule has 0 saturated carbocycles. The number of amides is 3. The summed E-state index contributed by atoms with van der Waals surface area (Å²) in [5, 5.41) is 8.08. The Bertz CT molecular complexity index is 745. The Hall–Kier alpha value is -3.02. The van der Waals surface area contributed by atoms with Crippen molar-refractivity contribution in [3.8, 4) is 5.75 Å². The summed E-state index contributed by atoms with van der Waals surface area (Å²) in [5.74, 6) is 0.276. The summed E-state index contributed by atoms with van der Waals surface area (Å²) < 4.78 is 5.58. The SMILES string of the molecule is Cc1cccc(NC(=O)N[C@H]2COc3ccccc3NC2=O)c1. The summed E-state index contributed by atoms with van der Waals surface area (Å²) >= 11 is 0. The van der Waals surface area contributed by atoms with Gasteiger partial charge in [0.1, 0.15) is 18.4 Å². The van der Waals surface area contributed by atoms with Crippen molar-refractivity contribution >= 4 is 23.3 Å². The molecule has 2 aromatic carbocycles. The number of hydrogen-bond acceptors (Lipinski definition) is 3. The van der Waals surface area contributed by atoms with Crippen LogP contribution in [0, 0.1) is 6.92 Å². The number of rotatable bonds is 2. The molecule has 6 nitrogen and oxygen atoms in total. The van der Waals surface area contributed by atoms with Gasteiger partial charge in [-0.3, -0.25) is 4.79 Å². The number of fused-ring (bicyclic) bond motifs is 1. The first kappa shape index (κ1) is 14.9. The molecule has 0 fully saturated rings. The van der Waals surface area contributed by atoms with E-state index in [9.17, 15) is 9.59 Å². The zero-order valence-corrected chi connectivity index (χ0v) is 12.6. The van der Waals surface area contributed by atoms with Crippen LogP contribution in [0.4, 0.5) is 16.2 Å². The van der Waals surface area contributed by atoms with Crippen molar-refractivity contribution in [1.82, 2.24) is 5.32 Å². The highest BCUT2D eigenvalue weighted by atomic mass is 16.5. The molecule has 1 atom stereocenters. The van der Waals surface area contributed by atoms with Gasteiger partial charge in [-0.2, -0.15) is 0 Å². The number of hydrogen-bond donors (Lipinski definition) is 3. The van der Waals surface area contributed by atoms with Gasteiger partial charge in [-0.05, 0) is 36.8 Å². The number of para-hydroxylation sites is 2. The van der Waals surface area contributed by atoms with Gasteiger partial charge in [0.05, 0.1) is 5.69 Å². The van der Waals surface area contributed by atoms with E-state index in [-0.39, 0.29) is 12.5 Å². The van der Waals surface area contributed by atoms with Crippen molar-refractivity contribution in [2.24, 2.45) is 0 Å². The van der Waals surface area contributed by atoms with E-state index in [1.807, 2.05) is 31.2 Å². The molecule has 0 aliphatic carbocycles. The number of anilines is 2. The Balaban J connectivity index is 1.64. The first-order chi connectivity index (χ1) is 11.1. The van der Waals surface area contributed by atoms with Crippen molar-refractivity contribution < 1.29 is 14.3 Å². The average Bonchev–Trinajstić information content (AvgIpc) is 2.67. The summed E-state index contributed by atoms with van der Waals surface area (Å²) in [4.78, 5) is 24.3. The monoisotopic (exact) mass is 311 g/mol. The number of urea groups is 1. The Kier molecular flexibility index (Phi) is 4.14. The predicted molar refractivity (Wildman–Crippen MR) is 87.7 cm³/mol. The first-order valence-corrected chi connectivity index (χ1v) is 7.29. The Morgan fingerprint density at radius 3 is 2.87 bits per heavy atom. The van der Waals surface area contributed by atoms with Gasteiger partial charge in [0.25, 0.3) is 5.91 Å². The van der Waals surface area contributed by atoms with Crippen molar-refractivity contribution in [2.45, 2.75) is 13.0 Å². The van der Waals surface area contributed by atoms with E-state index >= 15 is 0 Å². The van der Waals surface area contributed by atoms with Crippen molar-refractivity contribution in [1.29, 1.82) is 0 Å². The molecule has 3 amide bonds. The second-order valence-corrected chi connectivity index (χ2v) is 5.32. The minimum Gasteiger partial charge on any atom is -0.489 e. The normalized spacial score (nSPS) is 16.4. The van der Waals surface area contributed by atoms with Crippen molar-refractivity contribution in [3.05, 3.63) is 54.1 Å². The van der Waals surface area contributed by atoms with Crippen molar-refractivity contribution in [2.75, 3.05) is 17.2 Å². The van der Waals surface area contributed by atoms with E-state index in [2.05, 4.69) is 16.0 Å². The lowest BCUT2D eigenvalue weighted by atomic mass is 10.2. The lowest BCUT2D eigenvalue weighted by Crippen LogP contribution is -2.47. The van der Waals surface area contributed by atoms with Gasteiger partial charge < -0.3 is 20.7 Å². The fourth-order valence-electron chi connectivity index (χ4n) is 2.32. The molecule has 6 heteroatoms. The molecule has 3 rings (SSSR count). The molecule has 3 N–H and O–H groups in total. The number of benzene rings is 2. The largest absolute Gasteiger partial charge is 0.489 e. The smallest absolute Gasteiger partial charge is 0.320 e. The molecule has 118 valence electrons. The van der Waals surface area contributed by atoms with Crippen LogP contribution in [0.2, 0.25) is 0 Å². The molecular formula is C17H17N3O3. The van der Waals surface area contributed by atoms with E-state index in [4.69, 9.17) is 4.74 Å². The maximum Gasteiger partial charge on any atom is 0.320 e. The van der Waals surface area contributed by atoms with Gasteiger partial charge in [-0.15, -0.1) is 0 Å². The number of ether oxygens (including phenoxy) is 1. The van der Waals surface area contributed by atoms with E-state index in [1.165, 1.54) is 0 Å². The van der Waals surface area contributed by atoms with Crippen LogP contribution < -0.4 is 20.7 Å². The molecule has 1 aliphatic rings. The van der Waals surface area contributed by atoms with Crippen LogP contribution >= 0.6 is 0 Å². The Morgan fingerprint density at radius 2 is 2.04 bits per heavy atom. The van der Waals surface area contributed by atoms with Gasteiger partial charge in [0.15, 0.2) is 0 Å². The third-order valence-corrected chi connectivity index (χ3v) is 3.45. The summed E-state index contributed by atoms with van der Waals surface area (Å²) in [5.41, 5.74) is 2.30. The van der Waals surface area contributed by atoms with Crippen LogP contribution in [0.1, 0.15) is 5.56 Å². The molecule has 0 saturated heterocycles. The van der Waals surface area contributed by atoms with Crippen LogP contribution in [0.5, 0.6) is 5.75 Å². The molecule has 2 aromatic rings. The maximum atomic E-state index is 12.2. The lowest BCUT2D eigenvalue weighted by molar-refractivity contribution is -0.118. The van der Waals surface area contributed by atoms with Crippen molar-refractivity contribution in [3.63, 3.8) is 0 Å². The summed E-state index contributed by atoms with van der Waals surface area (Å²) in [6, 6.07) is 13.3. The van der Waals surface area contributed by atoms with E-state index in [1.54, 1.807) is 24.3 Å². The highest BCUT2D eigenvalue weighted by Gasteiger charge is 2.26. The van der Waals surface area contributed by atoms with Gasteiger partial charge in [0, 0.05) is 5.69 Å². The fourth-order valence-corrected chi connectivity index (χ4v) is 2.32. The summed E-state index contributed by atoms with van der Waals surface area (Å²) in [6.45, 7) is 2.01. The second kappa shape index (κ2) is 6.39. The number of aryl methyl sites for hydroxylation is 1. The van der Waals surface area contributed by atoms with Crippen LogP contribution in [0.25, 0.3) is 0 Å². The minimum absolute atomic E-state index is 0.0735.